The standard InChI is InChI=1S/C12H14F2N4/c1-9(8-18-4-2-3-17-18)15-6-10-5-12(14)16-7-11(10)13/h2-5,7,9,15H,6,8H2,1H3/t9-/m1/s1. The van der Waals surface area contributed by atoms with E-state index >= 15 is 0 Å². The number of nitrogens with zero attached hydrogens (tertiary/aromatic N) is 3. The van der Waals surface area contributed by atoms with Crippen molar-refractivity contribution in [1.29, 1.82) is 0 Å². The van der Waals surface area contributed by atoms with Gasteiger partial charge in [0, 0.05) is 36.6 Å². The first-order valence-corrected chi connectivity index (χ1v) is 5.66. The Labute approximate surface area is 104 Å². The molecule has 96 valence electrons. The van der Waals surface area contributed by atoms with Gasteiger partial charge in [-0.05, 0) is 13.0 Å². The highest BCUT2D eigenvalue weighted by molar-refractivity contribution is 5.13. The van der Waals surface area contributed by atoms with E-state index < -0.39 is 11.8 Å². The fraction of sp³-hybridized carbons (Fsp3) is 0.333. The summed E-state index contributed by atoms with van der Waals surface area (Å²) in [6.45, 7) is 2.88. The second-order valence-corrected chi connectivity index (χ2v) is 4.11. The highest BCUT2D eigenvalue weighted by atomic mass is 19.1. The van der Waals surface area contributed by atoms with Crippen molar-refractivity contribution in [2.45, 2.75) is 26.1 Å². The molecule has 0 aliphatic carbocycles. The lowest BCUT2D eigenvalue weighted by Crippen LogP contribution is -2.30. The summed E-state index contributed by atoms with van der Waals surface area (Å²) in [5, 5.41) is 7.19. The van der Waals surface area contributed by atoms with Crippen LogP contribution in [0.4, 0.5) is 8.78 Å². The predicted octanol–water partition coefficient (Wildman–Crippen LogP) is 1.73. The van der Waals surface area contributed by atoms with E-state index in [-0.39, 0.29) is 18.2 Å². The maximum Gasteiger partial charge on any atom is 0.213 e. The van der Waals surface area contributed by atoms with Gasteiger partial charge in [0.25, 0.3) is 0 Å². The van der Waals surface area contributed by atoms with E-state index in [2.05, 4.69) is 15.4 Å². The third-order valence-electron chi connectivity index (χ3n) is 2.56. The first-order valence-electron chi connectivity index (χ1n) is 5.66. The van der Waals surface area contributed by atoms with Crippen molar-refractivity contribution in [3.05, 3.63) is 48.1 Å². The molecule has 1 N–H and O–H groups in total. The Morgan fingerprint density at radius 2 is 2.28 bits per heavy atom. The maximum absolute atomic E-state index is 13.3. The van der Waals surface area contributed by atoms with E-state index in [1.165, 1.54) is 0 Å². The second-order valence-electron chi connectivity index (χ2n) is 4.11. The van der Waals surface area contributed by atoms with Gasteiger partial charge >= 0.3 is 0 Å². The van der Waals surface area contributed by atoms with Crippen molar-refractivity contribution in [3.63, 3.8) is 0 Å². The van der Waals surface area contributed by atoms with E-state index in [9.17, 15) is 8.78 Å². The molecule has 2 rings (SSSR count). The summed E-state index contributed by atoms with van der Waals surface area (Å²) in [4.78, 5) is 3.24. The van der Waals surface area contributed by atoms with Crippen molar-refractivity contribution >= 4 is 0 Å². The topological polar surface area (TPSA) is 42.7 Å². The summed E-state index contributed by atoms with van der Waals surface area (Å²) >= 11 is 0. The summed E-state index contributed by atoms with van der Waals surface area (Å²) < 4.78 is 27.9. The van der Waals surface area contributed by atoms with Crippen LogP contribution in [-0.4, -0.2) is 20.8 Å². The molecule has 0 aromatic carbocycles. The predicted molar refractivity (Wildman–Crippen MR) is 62.7 cm³/mol. The van der Waals surface area contributed by atoms with E-state index in [4.69, 9.17) is 0 Å². The number of hydrogen-bond donors (Lipinski definition) is 1. The second kappa shape index (κ2) is 5.68. The monoisotopic (exact) mass is 252 g/mol. The van der Waals surface area contributed by atoms with E-state index in [0.717, 1.165) is 12.3 Å². The van der Waals surface area contributed by atoms with Crippen LogP contribution in [0.5, 0.6) is 0 Å². The number of rotatable bonds is 5. The lowest BCUT2D eigenvalue weighted by molar-refractivity contribution is 0.443. The van der Waals surface area contributed by atoms with Crippen LogP contribution in [0.2, 0.25) is 0 Å². The van der Waals surface area contributed by atoms with Gasteiger partial charge in [-0.25, -0.2) is 9.37 Å². The van der Waals surface area contributed by atoms with Crippen LogP contribution in [-0.2, 0) is 13.1 Å². The molecule has 0 fully saturated rings. The zero-order chi connectivity index (χ0) is 13.0. The third kappa shape index (κ3) is 3.33. The molecule has 18 heavy (non-hydrogen) atoms. The molecule has 2 aromatic heterocycles. The van der Waals surface area contributed by atoms with E-state index in [1.807, 2.05) is 19.2 Å². The molecule has 0 aliphatic rings. The first kappa shape index (κ1) is 12.6. The molecule has 0 radical (unpaired) electrons. The van der Waals surface area contributed by atoms with Gasteiger partial charge < -0.3 is 5.32 Å². The largest absolute Gasteiger partial charge is 0.308 e. The third-order valence-corrected chi connectivity index (χ3v) is 2.56. The average molecular weight is 252 g/mol. The molecule has 0 unspecified atom stereocenters. The molecule has 2 aromatic rings. The normalized spacial score (nSPS) is 12.6. The van der Waals surface area contributed by atoms with Gasteiger partial charge in [-0.3, -0.25) is 4.68 Å². The summed E-state index contributed by atoms with van der Waals surface area (Å²) in [7, 11) is 0. The Kier molecular flexibility index (Phi) is 3.99. The van der Waals surface area contributed by atoms with Crippen molar-refractivity contribution in [2.24, 2.45) is 0 Å². The van der Waals surface area contributed by atoms with Crippen molar-refractivity contribution in [3.8, 4) is 0 Å². The molecular formula is C12H14F2N4. The Balaban J connectivity index is 1.89. The Bertz CT molecular complexity index is 499. The SMILES string of the molecule is C[C@H](Cn1cccn1)NCc1cc(F)ncc1F. The van der Waals surface area contributed by atoms with Crippen LogP contribution in [0.25, 0.3) is 0 Å². The summed E-state index contributed by atoms with van der Waals surface area (Å²) in [6, 6.07) is 3.04. The van der Waals surface area contributed by atoms with Gasteiger partial charge in [0.15, 0.2) is 0 Å². The quantitative estimate of drug-likeness (QED) is 0.824. The summed E-state index contributed by atoms with van der Waals surface area (Å²) in [5.41, 5.74) is 0.273. The van der Waals surface area contributed by atoms with Gasteiger partial charge in [0.05, 0.1) is 12.7 Å². The minimum Gasteiger partial charge on any atom is -0.308 e. The zero-order valence-corrected chi connectivity index (χ0v) is 9.98. The van der Waals surface area contributed by atoms with Gasteiger partial charge in [-0.1, -0.05) is 0 Å². The lowest BCUT2D eigenvalue weighted by Gasteiger charge is -2.14. The van der Waals surface area contributed by atoms with Gasteiger partial charge in [0.1, 0.15) is 5.82 Å². The minimum absolute atomic E-state index is 0.0977. The lowest BCUT2D eigenvalue weighted by atomic mass is 10.2. The molecule has 0 saturated heterocycles. The number of pyridine rings is 1. The molecule has 0 bridgehead atoms. The number of nitrogens with one attached hydrogen (secondary N) is 1. The van der Waals surface area contributed by atoms with E-state index in [1.54, 1.807) is 10.9 Å². The minimum atomic E-state index is -0.673. The van der Waals surface area contributed by atoms with Gasteiger partial charge in [-0.2, -0.15) is 9.49 Å². The molecule has 0 amide bonds. The molecule has 0 aliphatic heterocycles. The zero-order valence-electron chi connectivity index (χ0n) is 9.98. The Morgan fingerprint density at radius 3 is 3.00 bits per heavy atom. The maximum atomic E-state index is 13.3. The highest BCUT2D eigenvalue weighted by Crippen LogP contribution is 2.07. The smallest absolute Gasteiger partial charge is 0.213 e. The van der Waals surface area contributed by atoms with Crippen LogP contribution >= 0.6 is 0 Å². The van der Waals surface area contributed by atoms with E-state index in [0.29, 0.717) is 6.54 Å². The Hall–Kier alpha value is -1.82. The van der Waals surface area contributed by atoms with Crippen molar-refractivity contribution < 1.29 is 8.78 Å². The Morgan fingerprint density at radius 1 is 1.44 bits per heavy atom. The first-order chi connectivity index (χ1) is 8.65. The summed E-state index contributed by atoms with van der Waals surface area (Å²) in [5.74, 6) is -1.18. The molecule has 2 heterocycles. The fourth-order valence-electron chi connectivity index (χ4n) is 1.62. The highest BCUT2D eigenvalue weighted by Gasteiger charge is 2.07. The summed E-state index contributed by atoms with van der Waals surface area (Å²) in [6.07, 6.45) is 4.44. The van der Waals surface area contributed by atoms with Gasteiger partial charge in [-0.15, -0.1) is 0 Å². The molecule has 1 atom stereocenters. The number of halogens is 2. The molecule has 0 saturated carbocycles. The number of aromatic nitrogens is 3. The van der Waals surface area contributed by atoms with Crippen LogP contribution in [0.3, 0.4) is 0 Å². The van der Waals surface area contributed by atoms with Crippen LogP contribution in [0, 0.1) is 11.8 Å². The fourth-order valence-corrected chi connectivity index (χ4v) is 1.62. The van der Waals surface area contributed by atoms with Crippen molar-refractivity contribution in [1.82, 2.24) is 20.1 Å². The molecule has 0 spiro atoms. The van der Waals surface area contributed by atoms with Crippen LogP contribution in [0.15, 0.2) is 30.7 Å². The molecule has 6 heteroatoms. The van der Waals surface area contributed by atoms with Crippen molar-refractivity contribution in [2.75, 3.05) is 0 Å². The molecule has 4 nitrogen and oxygen atoms in total. The van der Waals surface area contributed by atoms with Crippen LogP contribution in [0.1, 0.15) is 12.5 Å². The van der Waals surface area contributed by atoms with Crippen LogP contribution < -0.4 is 5.32 Å². The average Bonchev–Trinajstić information content (AvgIpc) is 2.83. The van der Waals surface area contributed by atoms with Gasteiger partial charge in [0.2, 0.25) is 5.95 Å². The number of hydrogen-bond acceptors (Lipinski definition) is 3. The molecular weight excluding hydrogens is 238 g/mol.